The maximum atomic E-state index is 9.91. The van der Waals surface area contributed by atoms with Crippen LogP contribution in [0.4, 0.5) is 0 Å². The molecule has 4 heteroatoms. The highest BCUT2D eigenvalue weighted by atomic mass is 35.5. The molecule has 2 aromatic carbocycles. The Kier molecular flexibility index (Phi) is 6.05. The van der Waals surface area contributed by atoms with Gasteiger partial charge in [-0.25, -0.2) is 0 Å². The predicted octanol–water partition coefficient (Wildman–Crippen LogP) is 3.18. The molecule has 1 unspecified atom stereocenters. The first kappa shape index (κ1) is 15.8. The monoisotopic (exact) mass is 305 g/mol. The van der Waals surface area contributed by atoms with E-state index in [-0.39, 0.29) is 6.61 Å². The Hall–Kier alpha value is -1.55. The second-order valence-electron chi connectivity index (χ2n) is 5.00. The molecule has 0 spiro atoms. The molecular formula is C17H20ClNO2. The van der Waals surface area contributed by atoms with E-state index in [0.717, 1.165) is 21.9 Å². The van der Waals surface area contributed by atoms with Crippen LogP contribution in [-0.4, -0.2) is 24.4 Å². The van der Waals surface area contributed by atoms with Gasteiger partial charge >= 0.3 is 0 Å². The molecule has 2 N–H and O–H groups in total. The molecule has 112 valence electrons. The topological polar surface area (TPSA) is 41.5 Å². The third-order valence-corrected chi connectivity index (χ3v) is 3.45. The summed E-state index contributed by atoms with van der Waals surface area (Å²) in [5.74, 6) is 0.778. The van der Waals surface area contributed by atoms with Crippen molar-refractivity contribution in [2.24, 2.45) is 0 Å². The molecule has 0 aliphatic rings. The number of hydrogen-bond donors (Lipinski definition) is 2. The van der Waals surface area contributed by atoms with Crippen molar-refractivity contribution >= 4 is 11.6 Å². The predicted molar refractivity (Wildman–Crippen MR) is 85.8 cm³/mol. The molecule has 0 fully saturated rings. The Morgan fingerprint density at radius 3 is 2.76 bits per heavy atom. The minimum atomic E-state index is -0.562. The van der Waals surface area contributed by atoms with Crippen LogP contribution in [0, 0.1) is 6.92 Å². The summed E-state index contributed by atoms with van der Waals surface area (Å²) in [4.78, 5) is 0. The first-order chi connectivity index (χ1) is 10.1. The SMILES string of the molecule is Cc1cccc(OCC(O)CNCc2ccccc2Cl)c1. The van der Waals surface area contributed by atoms with E-state index in [0.29, 0.717) is 13.1 Å². The van der Waals surface area contributed by atoms with Gasteiger partial charge in [-0.05, 0) is 36.2 Å². The van der Waals surface area contributed by atoms with Gasteiger partial charge < -0.3 is 15.2 Å². The van der Waals surface area contributed by atoms with Crippen molar-refractivity contribution in [3.8, 4) is 5.75 Å². The summed E-state index contributed by atoms with van der Waals surface area (Å²) >= 11 is 6.07. The third kappa shape index (κ3) is 5.38. The normalized spacial score (nSPS) is 12.1. The summed E-state index contributed by atoms with van der Waals surface area (Å²) in [5, 5.41) is 13.8. The number of aliphatic hydroxyl groups is 1. The van der Waals surface area contributed by atoms with E-state index in [4.69, 9.17) is 16.3 Å². The first-order valence-corrected chi connectivity index (χ1v) is 7.34. The quantitative estimate of drug-likeness (QED) is 0.825. The van der Waals surface area contributed by atoms with E-state index >= 15 is 0 Å². The molecule has 0 radical (unpaired) electrons. The van der Waals surface area contributed by atoms with Crippen molar-refractivity contribution in [3.63, 3.8) is 0 Å². The second kappa shape index (κ2) is 8.03. The highest BCUT2D eigenvalue weighted by Gasteiger charge is 2.06. The van der Waals surface area contributed by atoms with Gasteiger partial charge in [0.15, 0.2) is 0 Å². The van der Waals surface area contributed by atoms with Crippen LogP contribution in [0.3, 0.4) is 0 Å². The van der Waals surface area contributed by atoms with Crippen molar-refractivity contribution in [2.45, 2.75) is 19.6 Å². The molecule has 2 rings (SSSR count). The van der Waals surface area contributed by atoms with E-state index in [9.17, 15) is 5.11 Å². The summed E-state index contributed by atoms with van der Waals surface area (Å²) in [6.07, 6.45) is -0.562. The molecule has 0 aromatic heterocycles. The van der Waals surface area contributed by atoms with Crippen LogP contribution in [0.2, 0.25) is 5.02 Å². The Balaban J connectivity index is 1.70. The highest BCUT2D eigenvalue weighted by molar-refractivity contribution is 6.31. The Morgan fingerprint density at radius 2 is 2.00 bits per heavy atom. The molecule has 0 saturated carbocycles. The van der Waals surface area contributed by atoms with Crippen molar-refractivity contribution < 1.29 is 9.84 Å². The van der Waals surface area contributed by atoms with Crippen molar-refractivity contribution in [3.05, 3.63) is 64.7 Å². The van der Waals surface area contributed by atoms with Gasteiger partial charge in [0.25, 0.3) is 0 Å². The van der Waals surface area contributed by atoms with Crippen LogP contribution in [-0.2, 0) is 6.54 Å². The number of aliphatic hydroxyl groups excluding tert-OH is 1. The lowest BCUT2D eigenvalue weighted by molar-refractivity contribution is 0.106. The second-order valence-corrected chi connectivity index (χ2v) is 5.41. The van der Waals surface area contributed by atoms with Gasteiger partial charge in [0, 0.05) is 18.1 Å². The van der Waals surface area contributed by atoms with Gasteiger partial charge in [0.2, 0.25) is 0 Å². The summed E-state index contributed by atoms with van der Waals surface area (Å²) in [5.41, 5.74) is 2.16. The van der Waals surface area contributed by atoms with Crippen LogP contribution in [0.15, 0.2) is 48.5 Å². The van der Waals surface area contributed by atoms with Gasteiger partial charge in [0.1, 0.15) is 18.5 Å². The zero-order valence-electron chi connectivity index (χ0n) is 12.1. The lowest BCUT2D eigenvalue weighted by atomic mass is 10.2. The molecular weight excluding hydrogens is 286 g/mol. The number of nitrogens with one attached hydrogen (secondary N) is 1. The molecule has 2 aromatic rings. The molecule has 0 saturated heterocycles. The van der Waals surface area contributed by atoms with Crippen LogP contribution in [0.5, 0.6) is 5.75 Å². The largest absolute Gasteiger partial charge is 0.491 e. The summed E-state index contributed by atoms with van der Waals surface area (Å²) in [6, 6.07) is 15.4. The van der Waals surface area contributed by atoms with Gasteiger partial charge in [-0.3, -0.25) is 0 Å². The van der Waals surface area contributed by atoms with Gasteiger partial charge in [-0.1, -0.05) is 41.9 Å². The minimum absolute atomic E-state index is 0.263. The molecule has 0 aliphatic heterocycles. The molecule has 0 amide bonds. The number of aryl methyl sites for hydroxylation is 1. The van der Waals surface area contributed by atoms with Crippen molar-refractivity contribution in [1.29, 1.82) is 0 Å². The molecule has 0 aliphatic carbocycles. The average molecular weight is 306 g/mol. The molecule has 3 nitrogen and oxygen atoms in total. The van der Waals surface area contributed by atoms with Crippen molar-refractivity contribution in [2.75, 3.05) is 13.2 Å². The summed E-state index contributed by atoms with van der Waals surface area (Å²) in [6.45, 7) is 3.35. The van der Waals surface area contributed by atoms with Gasteiger partial charge in [-0.15, -0.1) is 0 Å². The van der Waals surface area contributed by atoms with E-state index in [1.165, 1.54) is 0 Å². The van der Waals surface area contributed by atoms with E-state index in [1.807, 2.05) is 55.5 Å². The fourth-order valence-electron chi connectivity index (χ4n) is 1.97. The number of halogens is 1. The summed E-state index contributed by atoms with van der Waals surface area (Å²) < 4.78 is 5.56. The maximum Gasteiger partial charge on any atom is 0.119 e. The Morgan fingerprint density at radius 1 is 1.19 bits per heavy atom. The Bertz CT molecular complexity index is 574. The number of benzene rings is 2. The van der Waals surface area contributed by atoms with Crippen LogP contribution in [0.1, 0.15) is 11.1 Å². The number of hydrogen-bond acceptors (Lipinski definition) is 3. The number of ether oxygens (including phenoxy) is 1. The Labute approximate surface area is 130 Å². The number of rotatable bonds is 7. The highest BCUT2D eigenvalue weighted by Crippen LogP contribution is 2.14. The first-order valence-electron chi connectivity index (χ1n) is 6.97. The average Bonchev–Trinajstić information content (AvgIpc) is 2.47. The fourth-order valence-corrected chi connectivity index (χ4v) is 2.17. The molecule has 0 heterocycles. The van der Waals surface area contributed by atoms with E-state index in [1.54, 1.807) is 0 Å². The molecule has 21 heavy (non-hydrogen) atoms. The van der Waals surface area contributed by atoms with Gasteiger partial charge in [0.05, 0.1) is 0 Å². The molecule has 0 bridgehead atoms. The standard InChI is InChI=1S/C17H20ClNO2/c1-13-5-4-7-16(9-13)21-12-15(20)11-19-10-14-6-2-3-8-17(14)18/h2-9,15,19-20H,10-12H2,1H3. The van der Waals surface area contributed by atoms with Crippen LogP contribution < -0.4 is 10.1 Å². The lowest BCUT2D eigenvalue weighted by Gasteiger charge is -2.14. The summed E-state index contributed by atoms with van der Waals surface area (Å²) in [7, 11) is 0. The van der Waals surface area contributed by atoms with Crippen LogP contribution >= 0.6 is 11.6 Å². The zero-order valence-corrected chi connectivity index (χ0v) is 12.8. The smallest absolute Gasteiger partial charge is 0.119 e. The zero-order chi connectivity index (χ0) is 15.1. The van der Waals surface area contributed by atoms with Crippen LogP contribution in [0.25, 0.3) is 0 Å². The van der Waals surface area contributed by atoms with E-state index < -0.39 is 6.10 Å². The maximum absolute atomic E-state index is 9.91. The van der Waals surface area contributed by atoms with Gasteiger partial charge in [-0.2, -0.15) is 0 Å². The lowest BCUT2D eigenvalue weighted by Crippen LogP contribution is -2.31. The molecule has 1 atom stereocenters. The van der Waals surface area contributed by atoms with Crippen molar-refractivity contribution in [1.82, 2.24) is 5.32 Å². The van der Waals surface area contributed by atoms with E-state index in [2.05, 4.69) is 5.32 Å². The minimum Gasteiger partial charge on any atom is -0.491 e. The third-order valence-electron chi connectivity index (χ3n) is 3.09. The fraction of sp³-hybridized carbons (Fsp3) is 0.294.